The van der Waals surface area contributed by atoms with Crippen molar-refractivity contribution >= 4 is 23.2 Å². The molecule has 0 unspecified atom stereocenters. The van der Waals surface area contributed by atoms with Crippen molar-refractivity contribution in [2.75, 3.05) is 11.9 Å². The summed E-state index contributed by atoms with van der Waals surface area (Å²) < 4.78 is 5.65. The Bertz CT molecular complexity index is 684. The van der Waals surface area contributed by atoms with Gasteiger partial charge in [-0.25, -0.2) is 0 Å². The highest BCUT2D eigenvalue weighted by atomic mass is 35.5. The van der Waals surface area contributed by atoms with Crippen molar-refractivity contribution in [2.45, 2.75) is 13.3 Å². The second kappa shape index (κ2) is 5.78. The molecule has 2 aromatic rings. The molecular formula is C17H16ClNO2. The quantitative estimate of drug-likeness (QED) is 0.915. The first-order valence-electron chi connectivity index (χ1n) is 6.91. The molecular weight excluding hydrogens is 286 g/mol. The van der Waals surface area contributed by atoms with E-state index >= 15 is 0 Å². The number of nitrogens with one attached hydrogen (secondary N) is 1. The molecule has 4 heteroatoms. The van der Waals surface area contributed by atoms with Crippen molar-refractivity contribution in [2.24, 2.45) is 5.92 Å². The van der Waals surface area contributed by atoms with E-state index in [0.29, 0.717) is 18.1 Å². The summed E-state index contributed by atoms with van der Waals surface area (Å²) in [5, 5.41) is 3.56. The van der Waals surface area contributed by atoms with Gasteiger partial charge in [-0.05, 0) is 42.7 Å². The lowest BCUT2D eigenvalue weighted by Gasteiger charge is -2.24. The highest BCUT2D eigenvalue weighted by Crippen LogP contribution is 2.28. The lowest BCUT2D eigenvalue weighted by Crippen LogP contribution is -2.32. The Morgan fingerprint density at radius 2 is 2.10 bits per heavy atom. The number of aryl methyl sites for hydroxylation is 1. The zero-order chi connectivity index (χ0) is 14.8. The Balaban J connectivity index is 1.70. The van der Waals surface area contributed by atoms with Crippen LogP contribution in [0.15, 0.2) is 42.5 Å². The van der Waals surface area contributed by atoms with E-state index in [2.05, 4.69) is 5.32 Å². The molecule has 1 aliphatic heterocycles. The molecule has 0 bridgehead atoms. The van der Waals surface area contributed by atoms with Crippen molar-refractivity contribution in [3.05, 3.63) is 58.6 Å². The largest absolute Gasteiger partial charge is 0.492 e. The normalized spacial score (nSPS) is 16.8. The molecule has 1 amide bonds. The molecule has 108 valence electrons. The highest BCUT2D eigenvalue weighted by molar-refractivity contribution is 6.31. The summed E-state index contributed by atoms with van der Waals surface area (Å²) in [6.07, 6.45) is 0.696. The molecule has 0 spiro atoms. The van der Waals surface area contributed by atoms with Crippen LogP contribution in [-0.2, 0) is 11.2 Å². The van der Waals surface area contributed by atoms with Gasteiger partial charge in [0.1, 0.15) is 12.4 Å². The zero-order valence-electron chi connectivity index (χ0n) is 11.7. The van der Waals surface area contributed by atoms with E-state index in [0.717, 1.165) is 22.6 Å². The molecule has 1 aliphatic rings. The lowest BCUT2D eigenvalue weighted by molar-refractivity contribution is -0.121. The Kier molecular flexibility index (Phi) is 3.84. The van der Waals surface area contributed by atoms with Crippen molar-refractivity contribution in [1.29, 1.82) is 0 Å². The van der Waals surface area contributed by atoms with Crippen LogP contribution in [0.1, 0.15) is 11.1 Å². The molecule has 0 fully saturated rings. The van der Waals surface area contributed by atoms with Crippen LogP contribution in [0, 0.1) is 12.8 Å². The molecule has 2 aromatic carbocycles. The number of carbonyl (C=O) groups is 1. The number of ether oxygens (including phenoxy) is 1. The van der Waals surface area contributed by atoms with Crippen molar-refractivity contribution < 1.29 is 9.53 Å². The topological polar surface area (TPSA) is 38.3 Å². The smallest absolute Gasteiger partial charge is 0.231 e. The molecule has 0 saturated carbocycles. The van der Waals surface area contributed by atoms with E-state index in [4.69, 9.17) is 16.3 Å². The molecule has 1 heterocycles. The number of fused-ring (bicyclic) bond motifs is 1. The van der Waals surface area contributed by atoms with E-state index in [1.165, 1.54) is 0 Å². The summed E-state index contributed by atoms with van der Waals surface area (Å²) in [5.74, 6) is 0.657. The minimum atomic E-state index is -0.181. The van der Waals surface area contributed by atoms with Crippen molar-refractivity contribution in [3.63, 3.8) is 0 Å². The second-order valence-electron chi connectivity index (χ2n) is 5.27. The Hall–Kier alpha value is -2.00. The van der Waals surface area contributed by atoms with Crippen LogP contribution in [0.4, 0.5) is 5.69 Å². The van der Waals surface area contributed by atoms with Gasteiger partial charge in [0.25, 0.3) is 0 Å². The van der Waals surface area contributed by atoms with Crippen molar-refractivity contribution in [1.82, 2.24) is 0 Å². The van der Waals surface area contributed by atoms with E-state index in [1.54, 1.807) is 6.07 Å². The first-order chi connectivity index (χ1) is 10.1. The van der Waals surface area contributed by atoms with Crippen LogP contribution in [0.3, 0.4) is 0 Å². The second-order valence-corrected chi connectivity index (χ2v) is 5.68. The summed E-state index contributed by atoms with van der Waals surface area (Å²) in [7, 11) is 0. The Morgan fingerprint density at radius 1 is 1.29 bits per heavy atom. The summed E-state index contributed by atoms with van der Waals surface area (Å²) in [6.45, 7) is 2.34. The summed E-state index contributed by atoms with van der Waals surface area (Å²) >= 11 is 6.07. The number of para-hydroxylation sites is 1. The van der Waals surface area contributed by atoms with Gasteiger partial charge in [-0.2, -0.15) is 0 Å². The monoisotopic (exact) mass is 301 g/mol. The van der Waals surface area contributed by atoms with Gasteiger partial charge < -0.3 is 10.1 Å². The van der Waals surface area contributed by atoms with Crippen LogP contribution in [0.5, 0.6) is 5.75 Å². The number of rotatable bonds is 2. The van der Waals surface area contributed by atoms with Crippen LogP contribution in [-0.4, -0.2) is 12.5 Å². The van der Waals surface area contributed by atoms with E-state index in [9.17, 15) is 4.79 Å². The van der Waals surface area contributed by atoms with Crippen LogP contribution in [0.2, 0.25) is 5.02 Å². The molecule has 3 rings (SSSR count). The highest BCUT2D eigenvalue weighted by Gasteiger charge is 2.25. The van der Waals surface area contributed by atoms with Gasteiger partial charge in [0.05, 0.1) is 5.92 Å². The number of carbonyl (C=O) groups excluding carboxylic acids is 1. The summed E-state index contributed by atoms with van der Waals surface area (Å²) in [6, 6.07) is 13.4. The first-order valence-corrected chi connectivity index (χ1v) is 7.29. The maximum Gasteiger partial charge on any atom is 0.231 e. The van der Waals surface area contributed by atoms with E-state index in [-0.39, 0.29) is 11.8 Å². The summed E-state index contributed by atoms with van der Waals surface area (Å²) in [5.41, 5.74) is 2.78. The molecule has 21 heavy (non-hydrogen) atoms. The fraction of sp³-hybridized carbons (Fsp3) is 0.235. The minimum absolute atomic E-state index is 0.0376. The predicted octanol–water partition coefficient (Wildman–Crippen LogP) is 3.84. The molecule has 0 radical (unpaired) electrons. The number of benzene rings is 2. The van der Waals surface area contributed by atoms with Crippen LogP contribution < -0.4 is 10.1 Å². The number of hydrogen-bond acceptors (Lipinski definition) is 2. The van der Waals surface area contributed by atoms with Gasteiger partial charge in [0, 0.05) is 10.7 Å². The average Bonchev–Trinajstić information content (AvgIpc) is 2.50. The number of anilines is 1. The number of halogens is 1. The molecule has 0 aliphatic carbocycles. The number of amides is 1. The zero-order valence-corrected chi connectivity index (χ0v) is 12.5. The third-order valence-corrected chi connectivity index (χ3v) is 4.10. The Labute approximate surface area is 128 Å². The fourth-order valence-electron chi connectivity index (χ4n) is 2.41. The molecule has 3 nitrogen and oxygen atoms in total. The summed E-state index contributed by atoms with van der Waals surface area (Å²) in [4.78, 5) is 12.3. The van der Waals surface area contributed by atoms with Gasteiger partial charge in [-0.3, -0.25) is 4.79 Å². The molecule has 1 N–H and O–H groups in total. The Morgan fingerprint density at radius 3 is 2.90 bits per heavy atom. The van der Waals surface area contributed by atoms with Gasteiger partial charge in [0.2, 0.25) is 5.91 Å². The first kappa shape index (κ1) is 14.0. The third-order valence-electron chi connectivity index (χ3n) is 3.69. The molecule has 0 aromatic heterocycles. The SMILES string of the molecule is Cc1ccc(NC(=O)[C@@H]2COc3ccccc3C2)cc1Cl. The maximum atomic E-state index is 12.3. The minimum Gasteiger partial charge on any atom is -0.492 e. The van der Waals surface area contributed by atoms with E-state index < -0.39 is 0 Å². The van der Waals surface area contributed by atoms with E-state index in [1.807, 2.05) is 43.3 Å². The van der Waals surface area contributed by atoms with Crippen LogP contribution >= 0.6 is 11.6 Å². The number of hydrogen-bond donors (Lipinski definition) is 1. The average molecular weight is 302 g/mol. The third kappa shape index (κ3) is 3.03. The van der Waals surface area contributed by atoms with Gasteiger partial charge >= 0.3 is 0 Å². The molecule has 0 saturated heterocycles. The predicted molar refractivity (Wildman–Crippen MR) is 83.9 cm³/mol. The van der Waals surface area contributed by atoms with Crippen molar-refractivity contribution in [3.8, 4) is 5.75 Å². The fourth-order valence-corrected chi connectivity index (χ4v) is 2.59. The van der Waals surface area contributed by atoms with Gasteiger partial charge in [-0.15, -0.1) is 0 Å². The van der Waals surface area contributed by atoms with Gasteiger partial charge in [-0.1, -0.05) is 35.9 Å². The van der Waals surface area contributed by atoms with Gasteiger partial charge in [0.15, 0.2) is 0 Å². The standard InChI is InChI=1S/C17H16ClNO2/c1-11-6-7-14(9-15(11)18)19-17(20)13-8-12-4-2-3-5-16(12)21-10-13/h2-7,9,13H,8,10H2,1H3,(H,19,20)/t13-/m0/s1. The van der Waals surface area contributed by atoms with Crippen LogP contribution in [0.25, 0.3) is 0 Å². The molecule has 1 atom stereocenters. The lowest BCUT2D eigenvalue weighted by atomic mass is 9.96. The maximum absolute atomic E-state index is 12.3.